The Kier molecular flexibility index (Phi) is 5.12. The predicted molar refractivity (Wildman–Crippen MR) is 97.8 cm³/mol. The summed E-state index contributed by atoms with van der Waals surface area (Å²) < 4.78 is 1.19. The van der Waals surface area contributed by atoms with Crippen molar-refractivity contribution in [1.29, 1.82) is 5.26 Å². The van der Waals surface area contributed by atoms with Crippen LogP contribution in [0.1, 0.15) is 48.1 Å². The van der Waals surface area contributed by atoms with Crippen molar-refractivity contribution in [3.05, 3.63) is 57.8 Å². The first-order chi connectivity index (χ1) is 10.8. The second kappa shape index (κ2) is 7.26. The lowest BCUT2D eigenvalue weighted by Gasteiger charge is -2.25. The molecule has 22 heavy (non-hydrogen) atoms. The summed E-state index contributed by atoms with van der Waals surface area (Å²) in [6.07, 6.45) is 6.57. The Hall–Kier alpha value is -1.37. The Morgan fingerprint density at radius 3 is 2.41 bits per heavy atom. The molecule has 2 aromatic rings. The van der Waals surface area contributed by atoms with E-state index in [2.05, 4.69) is 39.5 Å². The van der Waals surface area contributed by atoms with E-state index in [1.165, 1.54) is 47.0 Å². The second-order valence-electron chi connectivity index (χ2n) is 5.73. The second-order valence-corrected chi connectivity index (χ2v) is 7.47. The third kappa shape index (κ3) is 3.34. The average Bonchev–Trinajstić information content (AvgIpc) is 3.10. The van der Waals surface area contributed by atoms with Gasteiger partial charge in [-0.3, -0.25) is 0 Å². The van der Waals surface area contributed by atoms with Crippen LogP contribution in [0.3, 0.4) is 0 Å². The van der Waals surface area contributed by atoms with Gasteiger partial charge >= 0.3 is 0 Å². The maximum absolute atomic E-state index is 8.96. The zero-order valence-electron chi connectivity index (χ0n) is 12.4. The highest BCUT2D eigenvalue weighted by Crippen LogP contribution is 2.43. The molecule has 1 aliphatic rings. The lowest BCUT2D eigenvalue weighted by atomic mass is 9.82. The smallest absolute Gasteiger partial charge is 0.0991 e. The number of nitriles is 1. The Bertz CT molecular complexity index is 686. The summed E-state index contributed by atoms with van der Waals surface area (Å²) in [5.74, 6) is 0.636. The number of benzene rings is 1. The van der Waals surface area contributed by atoms with E-state index in [9.17, 15) is 0 Å². The molecule has 0 radical (unpaired) electrons. The highest BCUT2D eigenvalue weighted by Gasteiger charge is 2.23. The molecule has 0 amide bonds. The van der Waals surface area contributed by atoms with E-state index in [1.54, 1.807) is 0 Å². The minimum atomic E-state index is 0.636. The number of hydrogen-bond acceptors (Lipinski definition) is 2. The number of thiophene rings is 1. The fraction of sp³-hybridized carbons (Fsp3) is 0.316. The molecular formula is C19H18BrNS. The average molecular weight is 372 g/mol. The first-order valence-corrected chi connectivity index (χ1v) is 9.41. The van der Waals surface area contributed by atoms with Crippen LogP contribution in [0.4, 0.5) is 0 Å². The van der Waals surface area contributed by atoms with Gasteiger partial charge in [0, 0.05) is 9.36 Å². The van der Waals surface area contributed by atoms with Gasteiger partial charge in [-0.15, -0.1) is 11.3 Å². The number of hydrogen-bond donors (Lipinski definition) is 0. The molecule has 112 valence electrons. The number of halogens is 1. The molecule has 1 fully saturated rings. The fourth-order valence-corrected chi connectivity index (χ4v) is 4.95. The Balaban J connectivity index is 2.03. The van der Waals surface area contributed by atoms with Crippen molar-refractivity contribution in [2.45, 2.75) is 32.1 Å². The summed E-state index contributed by atoms with van der Waals surface area (Å²) >= 11 is 5.67. The molecule has 0 spiro atoms. The third-order valence-corrected chi connectivity index (χ3v) is 6.09. The van der Waals surface area contributed by atoms with Gasteiger partial charge < -0.3 is 0 Å². The van der Waals surface area contributed by atoms with Gasteiger partial charge in [0.2, 0.25) is 0 Å². The van der Waals surface area contributed by atoms with Crippen molar-refractivity contribution < 1.29 is 0 Å². The largest absolute Gasteiger partial charge is 0.192 e. The summed E-state index contributed by atoms with van der Waals surface area (Å²) in [6, 6.07) is 14.4. The molecule has 0 saturated heterocycles. The fourth-order valence-electron chi connectivity index (χ4n) is 3.16. The van der Waals surface area contributed by atoms with Crippen molar-refractivity contribution >= 4 is 37.3 Å². The number of nitrogens with zero attached hydrogens (tertiary/aromatic N) is 1. The van der Waals surface area contributed by atoms with Gasteiger partial charge in [-0.1, -0.05) is 37.5 Å². The normalized spacial score (nSPS) is 16.9. The van der Waals surface area contributed by atoms with Crippen LogP contribution < -0.4 is 0 Å². The van der Waals surface area contributed by atoms with E-state index in [1.807, 2.05) is 35.6 Å². The van der Waals surface area contributed by atoms with Crippen LogP contribution in [0.25, 0.3) is 10.1 Å². The van der Waals surface area contributed by atoms with E-state index < -0.39 is 0 Å². The highest BCUT2D eigenvalue weighted by molar-refractivity contribution is 9.15. The Labute approximate surface area is 144 Å². The van der Waals surface area contributed by atoms with Gasteiger partial charge in [0.1, 0.15) is 0 Å². The SMILES string of the molecule is N#Cc1ccc(/C(Br)=C(\c2cccs2)C2CCCCC2)cc1. The minimum Gasteiger partial charge on any atom is -0.192 e. The summed E-state index contributed by atoms with van der Waals surface area (Å²) in [5.41, 5.74) is 3.31. The summed E-state index contributed by atoms with van der Waals surface area (Å²) in [4.78, 5) is 1.36. The highest BCUT2D eigenvalue weighted by atomic mass is 79.9. The molecule has 1 nitrogen and oxygen atoms in total. The topological polar surface area (TPSA) is 23.8 Å². The van der Waals surface area contributed by atoms with Gasteiger partial charge in [0.15, 0.2) is 0 Å². The van der Waals surface area contributed by atoms with Gasteiger partial charge in [0.05, 0.1) is 11.6 Å². The molecule has 0 atom stereocenters. The van der Waals surface area contributed by atoms with E-state index in [0.29, 0.717) is 11.5 Å². The van der Waals surface area contributed by atoms with Gasteiger partial charge in [-0.2, -0.15) is 5.26 Å². The maximum Gasteiger partial charge on any atom is 0.0991 e. The van der Waals surface area contributed by atoms with Crippen molar-refractivity contribution in [2.24, 2.45) is 5.92 Å². The first-order valence-electron chi connectivity index (χ1n) is 7.73. The van der Waals surface area contributed by atoms with E-state index >= 15 is 0 Å². The standard InChI is InChI=1S/C19H18BrNS/c20-19(16-10-8-14(13-21)9-11-16)18(17-7-4-12-22-17)15-5-2-1-3-6-15/h4,7-12,15H,1-3,5-6H2/b19-18+. The molecule has 0 aliphatic heterocycles. The quantitative estimate of drug-likeness (QED) is 0.606. The predicted octanol–water partition coefficient (Wildman–Crippen LogP) is 6.46. The van der Waals surface area contributed by atoms with Crippen LogP contribution in [-0.2, 0) is 0 Å². The van der Waals surface area contributed by atoms with Crippen LogP contribution in [0.15, 0.2) is 41.8 Å². The Morgan fingerprint density at radius 2 is 1.82 bits per heavy atom. The van der Waals surface area contributed by atoms with E-state index in [-0.39, 0.29) is 0 Å². The van der Waals surface area contributed by atoms with E-state index in [4.69, 9.17) is 5.26 Å². The zero-order valence-corrected chi connectivity index (χ0v) is 14.8. The summed E-state index contributed by atoms with van der Waals surface area (Å²) in [6.45, 7) is 0. The number of allylic oxidation sites excluding steroid dienone is 1. The molecule has 1 aromatic carbocycles. The summed E-state index contributed by atoms with van der Waals surface area (Å²) in [5, 5.41) is 11.1. The molecule has 0 bridgehead atoms. The molecule has 0 unspecified atom stereocenters. The molecule has 3 heteroatoms. The molecule has 1 heterocycles. The van der Waals surface area contributed by atoms with Gasteiger partial charge in [-0.05, 0) is 69.4 Å². The minimum absolute atomic E-state index is 0.636. The van der Waals surface area contributed by atoms with Crippen LogP contribution in [0.5, 0.6) is 0 Å². The van der Waals surface area contributed by atoms with Gasteiger partial charge in [-0.25, -0.2) is 0 Å². The summed E-state index contributed by atoms with van der Waals surface area (Å²) in [7, 11) is 0. The molecule has 0 N–H and O–H groups in total. The van der Waals surface area contributed by atoms with Crippen molar-refractivity contribution in [1.82, 2.24) is 0 Å². The monoisotopic (exact) mass is 371 g/mol. The molecule has 1 saturated carbocycles. The number of rotatable bonds is 3. The first kappa shape index (κ1) is 15.5. The van der Waals surface area contributed by atoms with Crippen molar-refractivity contribution in [3.63, 3.8) is 0 Å². The van der Waals surface area contributed by atoms with Crippen LogP contribution in [0.2, 0.25) is 0 Å². The van der Waals surface area contributed by atoms with Crippen LogP contribution in [0, 0.1) is 17.2 Å². The molecule has 1 aliphatic carbocycles. The molecule has 3 rings (SSSR count). The lowest BCUT2D eigenvalue weighted by Crippen LogP contribution is -2.09. The van der Waals surface area contributed by atoms with Crippen molar-refractivity contribution in [2.75, 3.05) is 0 Å². The van der Waals surface area contributed by atoms with Crippen LogP contribution in [-0.4, -0.2) is 0 Å². The van der Waals surface area contributed by atoms with Crippen LogP contribution >= 0.6 is 27.3 Å². The van der Waals surface area contributed by atoms with Gasteiger partial charge in [0.25, 0.3) is 0 Å². The van der Waals surface area contributed by atoms with Crippen molar-refractivity contribution in [3.8, 4) is 6.07 Å². The lowest BCUT2D eigenvalue weighted by molar-refractivity contribution is 0.430. The molecular weight excluding hydrogens is 354 g/mol. The third-order valence-electron chi connectivity index (χ3n) is 4.30. The zero-order chi connectivity index (χ0) is 15.4. The molecule has 1 aromatic heterocycles. The Morgan fingerprint density at radius 1 is 1.09 bits per heavy atom. The maximum atomic E-state index is 8.96. The van der Waals surface area contributed by atoms with E-state index in [0.717, 1.165) is 5.56 Å².